The molecule has 1 fully saturated rings. The van der Waals surface area contributed by atoms with Crippen LogP contribution in [0.2, 0.25) is 0 Å². The Balaban J connectivity index is 1.72. The largest absolute Gasteiger partial charge is 0.395 e. The van der Waals surface area contributed by atoms with Crippen LogP contribution < -0.4 is 5.32 Å². The lowest BCUT2D eigenvalue weighted by atomic mass is 10.2. The topological polar surface area (TPSA) is 76.1 Å². The van der Waals surface area contributed by atoms with Crippen molar-refractivity contribution in [2.75, 3.05) is 64.8 Å². The van der Waals surface area contributed by atoms with Crippen molar-refractivity contribution in [3.05, 3.63) is 29.8 Å². The van der Waals surface area contributed by atoms with Gasteiger partial charge in [-0.05, 0) is 19.1 Å². The normalized spacial score (nSPS) is 15.8. The first-order valence-corrected chi connectivity index (χ1v) is 8.64. The molecule has 7 heteroatoms. The Hall–Kier alpha value is -1.96. The van der Waals surface area contributed by atoms with Crippen molar-refractivity contribution in [1.82, 2.24) is 14.7 Å². The molecular weight excluding hydrogens is 320 g/mol. The number of carbonyl (C=O) groups excluding carboxylic acids is 2. The Bertz CT molecular complexity index is 568. The van der Waals surface area contributed by atoms with E-state index < -0.39 is 0 Å². The number of anilines is 1. The minimum atomic E-state index is -0.201. The number of amides is 2. The summed E-state index contributed by atoms with van der Waals surface area (Å²) in [5.74, 6) is -0.262. The maximum Gasteiger partial charge on any atom is 0.243 e. The molecule has 0 aromatic heterocycles. The van der Waals surface area contributed by atoms with Crippen molar-refractivity contribution in [3.63, 3.8) is 0 Å². The summed E-state index contributed by atoms with van der Waals surface area (Å²) >= 11 is 0. The van der Waals surface area contributed by atoms with Crippen LogP contribution in [0.15, 0.2) is 24.3 Å². The van der Waals surface area contributed by atoms with Crippen molar-refractivity contribution >= 4 is 17.5 Å². The first-order valence-electron chi connectivity index (χ1n) is 8.64. The van der Waals surface area contributed by atoms with Gasteiger partial charge in [0.1, 0.15) is 0 Å². The number of likely N-dealkylation sites (N-methyl/N-ethyl adjacent to an activating group) is 1. The molecule has 0 atom stereocenters. The predicted octanol–water partition coefficient (Wildman–Crippen LogP) is 0.00182. The van der Waals surface area contributed by atoms with E-state index >= 15 is 0 Å². The number of nitrogens with one attached hydrogen (secondary N) is 1. The molecule has 1 aromatic carbocycles. The molecule has 0 saturated carbocycles. The van der Waals surface area contributed by atoms with E-state index in [1.807, 2.05) is 31.2 Å². The van der Waals surface area contributed by atoms with E-state index in [9.17, 15) is 9.59 Å². The zero-order valence-electron chi connectivity index (χ0n) is 15.1. The molecule has 138 valence electrons. The SMILES string of the molecule is Cc1ccc(NC(=O)CN(C)C(=O)CN2CCN(CCO)CC2)cc1. The molecule has 2 amide bonds. The molecule has 1 heterocycles. The van der Waals surface area contributed by atoms with Crippen molar-refractivity contribution in [3.8, 4) is 0 Å². The molecule has 0 aliphatic carbocycles. The highest BCUT2D eigenvalue weighted by atomic mass is 16.3. The number of β-amino-alcohol motifs (C(OH)–C–C–N with tert-alkyl or cyclic N) is 1. The number of aliphatic hydroxyl groups excluding tert-OH is 1. The molecule has 1 aliphatic heterocycles. The number of piperazine rings is 1. The number of aryl methyl sites for hydroxylation is 1. The smallest absolute Gasteiger partial charge is 0.243 e. The van der Waals surface area contributed by atoms with E-state index in [-0.39, 0.29) is 25.0 Å². The Morgan fingerprint density at radius 3 is 2.32 bits per heavy atom. The highest BCUT2D eigenvalue weighted by Gasteiger charge is 2.21. The Kier molecular flexibility index (Phi) is 7.36. The number of benzene rings is 1. The second kappa shape index (κ2) is 9.50. The summed E-state index contributed by atoms with van der Waals surface area (Å²) < 4.78 is 0. The molecule has 0 spiro atoms. The lowest BCUT2D eigenvalue weighted by Crippen LogP contribution is -2.50. The number of carbonyl (C=O) groups is 2. The second-order valence-corrected chi connectivity index (χ2v) is 6.51. The minimum absolute atomic E-state index is 0.0389. The molecule has 1 aromatic rings. The number of nitrogens with zero attached hydrogens (tertiary/aromatic N) is 3. The third-order valence-corrected chi connectivity index (χ3v) is 4.38. The molecule has 2 rings (SSSR count). The van der Waals surface area contributed by atoms with Gasteiger partial charge < -0.3 is 15.3 Å². The van der Waals surface area contributed by atoms with Gasteiger partial charge in [-0.25, -0.2) is 0 Å². The third kappa shape index (κ3) is 6.45. The molecular formula is C18H28N4O3. The lowest BCUT2D eigenvalue weighted by molar-refractivity contribution is -0.134. The van der Waals surface area contributed by atoms with E-state index in [0.717, 1.165) is 37.4 Å². The average molecular weight is 348 g/mol. The molecule has 2 N–H and O–H groups in total. The summed E-state index contributed by atoms with van der Waals surface area (Å²) in [6.07, 6.45) is 0. The van der Waals surface area contributed by atoms with Gasteiger partial charge in [0.15, 0.2) is 0 Å². The van der Waals surface area contributed by atoms with E-state index in [4.69, 9.17) is 5.11 Å². The van der Waals surface area contributed by atoms with Crippen LogP contribution in [0.5, 0.6) is 0 Å². The van der Waals surface area contributed by atoms with Crippen LogP contribution in [0.1, 0.15) is 5.56 Å². The van der Waals surface area contributed by atoms with Gasteiger partial charge in [0.25, 0.3) is 0 Å². The first-order chi connectivity index (χ1) is 12.0. The highest BCUT2D eigenvalue weighted by molar-refractivity contribution is 5.94. The van der Waals surface area contributed by atoms with Crippen LogP contribution in [0.25, 0.3) is 0 Å². The van der Waals surface area contributed by atoms with Gasteiger partial charge in [-0.15, -0.1) is 0 Å². The van der Waals surface area contributed by atoms with Crippen molar-refractivity contribution in [1.29, 1.82) is 0 Å². The summed E-state index contributed by atoms with van der Waals surface area (Å²) in [5, 5.41) is 11.8. The Labute approximate surface area is 149 Å². The van der Waals surface area contributed by atoms with Gasteiger partial charge in [-0.2, -0.15) is 0 Å². The third-order valence-electron chi connectivity index (χ3n) is 4.38. The number of hydrogen-bond donors (Lipinski definition) is 2. The Morgan fingerprint density at radius 1 is 1.12 bits per heavy atom. The Morgan fingerprint density at radius 2 is 1.72 bits per heavy atom. The van der Waals surface area contributed by atoms with Gasteiger partial charge >= 0.3 is 0 Å². The quantitative estimate of drug-likeness (QED) is 0.726. The summed E-state index contributed by atoms with van der Waals surface area (Å²) in [6.45, 7) is 6.50. The maximum atomic E-state index is 12.3. The number of aliphatic hydroxyl groups is 1. The van der Waals surface area contributed by atoms with Crippen LogP contribution in [0.3, 0.4) is 0 Å². The second-order valence-electron chi connectivity index (χ2n) is 6.51. The molecule has 25 heavy (non-hydrogen) atoms. The molecule has 1 aliphatic rings. The zero-order valence-corrected chi connectivity index (χ0v) is 15.1. The van der Waals surface area contributed by atoms with E-state index in [2.05, 4.69) is 15.1 Å². The fourth-order valence-electron chi connectivity index (χ4n) is 2.77. The zero-order chi connectivity index (χ0) is 18.2. The van der Waals surface area contributed by atoms with E-state index in [0.29, 0.717) is 13.1 Å². The summed E-state index contributed by atoms with van der Waals surface area (Å²) in [7, 11) is 1.65. The maximum absolute atomic E-state index is 12.3. The first kappa shape index (κ1) is 19.4. The molecule has 7 nitrogen and oxygen atoms in total. The highest BCUT2D eigenvalue weighted by Crippen LogP contribution is 2.08. The van der Waals surface area contributed by atoms with Gasteiger partial charge in [-0.1, -0.05) is 17.7 Å². The molecule has 0 radical (unpaired) electrons. The molecule has 0 unspecified atom stereocenters. The predicted molar refractivity (Wildman–Crippen MR) is 97.4 cm³/mol. The van der Waals surface area contributed by atoms with Gasteiger partial charge in [0.2, 0.25) is 11.8 Å². The van der Waals surface area contributed by atoms with E-state index in [1.54, 1.807) is 7.05 Å². The molecule has 0 bridgehead atoms. The van der Waals surface area contributed by atoms with Crippen molar-refractivity contribution < 1.29 is 14.7 Å². The van der Waals surface area contributed by atoms with Crippen molar-refractivity contribution in [2.45, 2.75) is 6.92 Å². The lowest BCUT2D eigenvalue weighted by Gasteiger charge is -2.34. The summed E-state index contributed by atoms with van der Waals surface area (Å²) in [4.78, 5) is 30.1. The standard InChI is InChI=1S/C18H28N4O3/c1-15-3-5-16(6-4-15)19-17(24)13-20(2)18(25)14-22-9-7-21(8-10-22)11-12-23/h3-6,23H,7-14H2,1-2H3,(H,19,24). The van der Waals surface area contributed by atoms with Gasteiger partial charge in [0, 0.05) is 45.5 Å². The van der Waals surface area contributed by atoms with E-state index in [1.165, 1.54) is 4.90 Å². The fourth-order valence-corrected chi connectivity index (χ4v) is 2.77. The van der Waals surface area contributed by atoms with Crippen LogP contribution in [0, 0.1) is 6.92 Å². The minimum Gasteiger partial charge on any atom is -0.395 e. The molecule has 1 saturated heterocycles. The fraction of sp³-hybridized carbons (Fsp3) is 0.556. The number of hydrogen-bond acceptors (Lipinski definition) is 5. The average Bonchev–Trinajstić information content (AvgIpc) is 2.59. The van der Waals surface area contributed by atoms with Crippen LogP contribution in [0.4, 0.5) is 5.69 Å². The van der Waals surface area contributed by atoms with Crippen LogP contribution in [-0.4, -0.2) is 91.1 Å². The summed E-state index contributed by atoms with van der Waals surface area (Å²) in [6, 6.07) is 7.56. The monoisotopic (exact) mass is 348 g/mol. The van der Waals surface area contributed by atoms with Crippen molar-refractivity contribution in [2.24, 2.45) is 0 Å². The number of rotatable bonds is 7. The summed E-state index contributed by atoms with van der Waals surface area (Å²) in [5.41, 5.74) is 1.86. The van der Waals surface area contributed by atoms with Crippen LogP contribution in [-0.2, 0) is 9.59 Å². The van der Waals surface area contributed by atoms with Crippen LogP contribution >= 0.6 is 0 Å². The van der Waals surface area contributed by atoms with Gasteiger partial charge in [-0.3, -0.25) is 19.4 Å². The van der Waals surface area contributed by atoms with Gasteiger partial charge in [0.05, 0.1) is 19.7 Å².